The zero-order valence-electron chi connectivity index (χ0n) is 16.9. The van der Waals surface area contributed by atoms with E-state index in [1.807, 2.05) is 23.5 Å². The third-order valence-corrected chi connectivity index (χ3v) is 8.08. The minimum absolute atomic E-state index is 0.0701. The number of nitrogens with zero attached hydrogens (tertiary/aromatic N) is 1. The number of rotatable bonds is 8. The molecule has 0 spiro atoms. The molecule has 1 saturated heterocycles. The van der Waals surface area contributed by atoms with Crippen molar-refractivity contribution >= 4 is 33.2 Å². The minimum Gasteiger partial charge on any atom is -0.374 e. The number of halogens is 1. The molecule has 29 heavy (non-hydrogen) atoms. The van der Waals surface area contributed by atoms with Gasteiger partial charge in [0.05, 0.1) is 5.60 Å². The Morgan fingerprint density at radius 1 is 1.10 bits per heavy atom. The standard InChI is InChI=1S/C24H28FNOS2/c1-2-27-24(18-29-21-9-7-20(25)8-10-21)12-15-26(16-13-24)14-11-19-17-28-23-6-4-3-5-22(19)23/h3-10,17H,2,11-16,18H2,1H3. The van der Waals surface area contributed by atoms with Crippen LogP contribution in [0.5, 0.6) is 0 Å². The Labute approximate surface area is 181 Å². The zero-order valence-corrected chi connectivity index (χ0v) is 18.5. The predicted molar refractivity (Wildman–Crippen MR) is 123 cm³/mol. The van der Waals surface area contributed by atoms with Crippen molar-refractivity contribution in [3.8, 4) is 0 Å². The predicted octanol–water partition coefficient (Wildman–Crippen LogP) is 6.25. The van der Waals surface area contributed by atoms with Crippen molar-refractivity contribution in [3.63, 3.8) is 0 Å². The van der Waals surface area contributed by atoms with Gasteiger partial charge in [0, 0.05) is 41.6 Å². The van der Waals surface area contributed by atoms with E-state index >= 15 is 0 Å². The highest BCUT2D eigenvalue weighted by Gasteiger charge is 2.35. The summed E-state index contributed by atoms with van der Waals surface area (Å²) in [6.07, 6.45) is 3.22. The number of ether oxygens (including phenoxy) is 1. The molecule has 0 amide bonds. The Balaban J connectivity index is 1.31. The maximum atomic E-state index is 13.1. The van der Waals surface area contributed by atoms with Crippen molar-refractivity contribution < 1.29 is 9.13 Å². The topological polar surface area (TPSA) is 12.5 Å². The number of hydrogen-bond acceptors (Lipinski definition) is 4. The lowest BCUT2D eigenvalue weighted by molar-refractivity contribution is -0.0618. The maximum Gasteiger partial charge on any atom is 0.123 e. The van der Waals surface area contributed by atoms with Crippen molar-refractivity contribution in [2.45, 2.75) is 36.7 Å². The van der Waals surface area contributed by atoms with Crippen LogP contribution in [0.25, 0.3) is 10.1 Å². The molecule has 0 bridgehead atoms. The average Bonchev–Trinajstić information content (AvgIpc) is 3.16. The Morgan fingerprint density at radius 2 is 1.86 bits per heavy atom. The van der Waals surface area contributed by atoms with E-state index in [1.54, 1.807) is 11.8 Å². The molecule has 4 rings (SSSR count). The normalized spacial score (nSPS) is 17.0. The monoisotopic (exact) mass is 429 g/mol. The first-order chi connectivity index (χ1) is 14.2. The molecule has 0 atom stereocenters. The molecule has 1 fully saturated rings. The van der Waals surface area contributed by atoms with Crippen LogP contribution in [0.3, 0.4) is 0 Å². The van der Waals surface area contributed by atoms with Gasteiger partial charge in [0.15, 0.2) is 0 Å². The molecule has 2 nitrogen and oxygen atoms in total. The Morgan fingerprint density at radius 3 is 2.62 bits per heavy atom. The molecular formula is C24H28FNOS2. The van der Waals surface area contributed by atoms with E-state index in [4.69, 9.17) is 4.74 Å². The van der Waals surface area contributed by atoms with E-state index in [2.05, 4.69) is 41.5 Å². The van der Waals surface area contributed by atoms with E-state index in [0.717, 1.165) is 56.2 Å². The lowest BCUT2D eigenvalue weighted by atomic mass is 9.92. The van der Waals surface area contributed by atoms with Gasteiger partial charge in [-0.2, -0.15) is 0 Å². The van der Waals surface area contributed by atoms with Crippen LogP contribution < -0.4 is 0 Å². The van der Waals surface area contributed by atoms with Crippen LogP contribution in [0.2, 0.25) is 0 Å². The van der Waals surface area contributed by atoms with Gasteiger partial charge < -0.3 is 9.64 Å². The second-order valence-corrected chi connectivity index (χ2v) is 9.67. The highest BCUT2D eigenvalue weighted by Crippen LogP contribution is 2.34. The van der Waals surface area contributed by atoms with E-state index in [1.165, 1.54) is 27.8 Å². The van der Waals surface area contributed by atoms with E-state index in [0.29, 0.717) is 0 Å². The molecule has 2 aromatic carbocycles. The smallest absolute Gasteiger partial charge is 0.123 e. The summed E-state index contributed by atoms with van der Waals surface area (Å²) in [4.78, 5) is 3.68. The van der Waals surface area contributed by atoms with Gasteiger partial charge >= 0.3 is 0 Å². The molecule has 3 aromatic rings. The van der Waals surface area contributed by atoms with Crippen LogP contribution in [0.1, 0.15) is 25.3 Å². The summed E-state index contributed by atoms with van der Waals surface area (Å²) in [7, 11) is 0. The summed E-state index contributed by atoms with van der Waals surface area (Å²) in [5, 5.41) is 3.73. The number of fused-ring (bicyclic) bond motifs is 1. The zero-order chi connectivity index (χ0) is 20.1. The molecule has 1 aromatic heterocycles. The van der Waals surface area contributed by atoms with Crippen molar-refractivity contribution in [2.24, 2.45) is 0 Å². The number of benzene rings is 2. The van der Waals surface area contributed by atoms with Crippen LogP contribution in [0, 0.1) is 5.82 Å². The van der Waals surface area contributed by atoms with Gasteiger partial charge in [0.25, 0.3) is 0 Å². The number of thioether (sulfide) groups is 1. The van der Waals surface area contributed by atoms with Crippen LogP contribution in [-0.4, -0.2) is 42.5 Å². The molecule has 0 radical (unpaired) electrons. The molecule has 0 unspecified atom stereocenters. The van der Waals surface area contributed by atoms with Crippen LogP contribution in [0.4, 0.5) is 4.39 Å². The van der Waals surface area contributed by atoms with Crippen LogP contribution >= 0.6 is 23.1 Å². The van der Waals surface area contributed by atoms with Crippen molar-refractivity contribution in [1.29, 1.82) is 0 Å². The molecule has 5 heteroatoms. The number of hydrogen-bond donors (Lipinski definition) is 0. The van der Waals surface area contributed by atoms with Crippen molar-refractivity contribution in [1.82, 2.24) is 4.90 Å². The van der Waals surface area contributed by atoms with Gasteiger partial charge in [-0.05, 0) is 72.8 Å². The SMILES string of the molecule is CCOC1(CSc2ccc(F)cc2)CCN(CCc2csc3ccccc23)CC1. The summed E-state index contributed by atoms with van der Waals surface area (Å²) >= 11 is 3.63. The van der Waals surface area contributed by atoms with Crippen molar-refractivity contribution in [2.75, 3.05) is 32.0 Å². The summed E-state index contributed by atoms with van der Waals surface area (Å²) in [6, 6.07) is 15.5. The Bertz CT molecular complexity index is 916. The average molecular weight is 430 g/mol. The molecule has 0 N–H and O–H groups in total. The van der Waals surface area contributed by atoms with Gasteiger partial charge in [0.2, 0.25) is 0 Å². The van der Waals surface area contributed by atoms with Crippen LogP contribution in [0.15, 0.2) is 58.8 Å². The first kappa shape index (κ1) is 20.9. The number of thiophene rings is 1. The molecule has 0 saturated carbocycles. The molecule has 0 aliphatic carbocycles. The fourth-order valence-corrected chi connectivity index (χ4v) is 6.20. The molecule has 1 aliphatic heterocycles. The quantitative estimate of drug-likeness (QED) is 0.393. The van der Waals surface area contributed by atoms with Crippen molar-refractivity contribution in [3.05, 3.63) is 65.3 Å². The minimum atomic E-state index is -0.180. The highest BCUT2D eigenvalue weighted by molar-refractivity contribution is 7.99. The number of likely N-dealkylation sites (tertiary alicyclic amines) is 1. The van der Waals surface area contributed by atoms with Gasteiger partial charge in [-0.15, -0.1) is 23.1 Å². The Kier molecular flexibility index (Phi) is 6.91. The maximum absolute atomic E-state index is 13.1. The second-order valence-electron chi connectivity index (χ2n) is 7.71. The lowest BCUT2D eigenvalue weighted by Crippen LogP contribution is -2.48. The number of piperidine rings is 1. The summed E-state index contributed by atoms with van der Waals surface area (Å²) < 4.78 is 20.8. The van der Waals surface area contributed by atoms with Gasteiger partial charge in [-0.1, -0.05) is 18.2 Å². The van der Waals surface area contributed by atoms with E-state index in [9.17, 15) is 4.39 Å². The summed E-state index contributed by atoms with van der Waals surface area (Å²) in [5.41, 5.74) is 1.40. The third-order valence-electron chi connectivity index (χ3n) is 5.79. The fraction of sp³-hybridized carbons (Fsp3) is 0.417. The summed E-state index contributed by atoms with van der Waals surface area (Å²) in [6.45, 7) is 6.08. The Hall–Kier alpha value is -1.40. The first-order valence-electron chi connectivity index (χ1n) is 10.4. The lowest BCUT2D eigenvalue weighted by Gasteiger charge is -2.41. The van der Waals surface area contributed by atoms with E-state index in [-0.39, 0.29) is 11.4 Å². The van der Waals surface area contributed by atoms with Gasteiger partial charge in [0.1, 0.15) is 5.82 Å². The third kappa shape index (κ3) is 5.21. The molecule has 154 valence electrons. The van der Waals surface area contributed by atoms with Crippen LogP contribution in [-0.2, 0) is 11.2 Å². The molecule has 2 heterocycles. The van der Waals surface area contributed by atoms with E-state index < -0.39 is 0 Å². The summed E-state index contributed by atoms with van der Waals surface area (Å²) in [5.74, 6) is 0.746. The second kappa shape index (κ2) is 9.61. The first-order valence-corrected chi connectivity index (χ1v) is 12.2. The highest BCUT2D eigenvalue weighted by atomic mass is 32.2. The van der Waals surface area contributed by atoms with Gasteiger partial charge in [-0.3, -0.25) is 0 Å². The van der Waals surface area contributed by atoms with Gasteiger partial charge in [-0.25, -0.2) is 4.39 Å². The fourth-order valence-electron chi connectivity index (χ4n) is 4.07. The molecular weight excluding hydrogens is 401 g/mol. The largest absolute Gasteiger partial charge is 0.374 e. The molecule has 1 aliphatic rings.